The van der Waals surface area contributed by atoms with Crippen molar-refractivity contribution in [1.29, 1.82) is 0 Å². The van der Waals surface area contributed by atoms with Gasteiger partial charge in [-0.3, -0.25) is 9.78 Å². The van der Waals surface area contributed by atoms with Crippen molar-refractivity contribution in [3.63, 3.8) is 0 Å². The second-order valence-electron chi connectivity index (χ2n) is 6.37. The predicted octanol–water partition coefficient (Wildman–Crippen LogP) is 4.01. The van der Waals surface area contributed by atoms with Gasteiger partial charge in [-0.2, -0.15) is 0 Å². The van der Waals surface area contributed by atoms with E-state index in [1.807, 2.05) is 35.2 Å². The van der Waals surface area contributed by atoms with Crippen LogP contribution in [0.5, 0.6) is 0 Å². The van der Waals surface area contributed by atoms with Gasteiger partial charge in [0.1, 0.15) is 5.69 Å². The molecule has 1 saturated heterocycles. The number of rotatable bonds is 3. The minimum atomic E-state index is 0.0324. The number of nitrogens with zero attached hydrogens (tertiary/aromatic N) is 2. The average molecular weight is 309 g/mol. The van der Waals surface area contributed by atoms with E-state index < -0.39 is 0 Å². The Morgan fingerprint density at radius 2 is 2.13 bits per heavy atom. The number of likely N-dealkylation sites (tertiary alicyclic amines) is 1. The van der Waals surface area contributed by atoms with Gasteiger partial charge in [0.2, 0.25) is 0 Å². The number of carbonyl (C=O) groups excluding carboxylic acids is 1. The molecule has 4 nitrogen and oxygen atoms in total. The number of benzene rings is 1. The Kier molecular flexibility index (Phi) is 4.60. The van der Waals surface area contributed by atoms with E-state index in [9.17, 15) is 4.79 Å². The van der Waals surface area contributed by atoms with Crippen LogP contribution in [-0.2, 0) is 0 Å². The molecule has 120 valence electrons. The molecule has 0 saturated carbocycles. The zero-order valence-corrected chi connectivity index (χ0v) is 13.7. The van der Waals surface area contributed by atoms with E-state index in [0.29, 0.717) is 11.6 Å². The largest absolute Gasteiger partial charge is 0.355 e. The third-order valence-corrected chi connectivity index (χ3v) is 4.35. The second kappa shape index (κ2) is 6.82. The average Bonchev–Trinajstić information content (AvgIpc) is 2.56. The summed E-state index contributed by atoms with van der Waals surface area (Å²) in [6, 6.07) is 11.8. The zero-order chi connectivity index (χ0) is 16.2. The molecule has 1 N–H and O–H groups in total. The summed E-state index contributed by atoms with van der Waals surface area (Å²) in [4.78, 5) is 18.8. The molecule has 1 aliphatic rings. The molecule has 1 aromatic heterocycles. The molecule has 4 heteroatoms. The van der Waals surface area contributed by atoms with Crippen molar-refractivity contribution >= 4 is 17.3 Å². The van der Waals surface area contributed by atoms with Crippen molar-refractivity contribution in [1.82, 2.24) is 9.88 Å². The zero-order valence-electron chi connectivity index (χ0n) is 13.7. The highest BCUT2D eigenvalue weighted by Crippen LogP contribution is 2.22. The van der Waals surface area contributed by atoms with Crippen molar-refractivity contribution < 1.29 is 4.79 Å². The van der Waals surface area contributed by atoms with E-state index in [2.05, 4.69) is 30.2 Å². The minimum absolute atomic E-state index is 0.0324. The van der Waals surface area contributed by atoms with Crippen LogP contribution >= 0.6 is 0 Å². The Labute approximate surface area is 137 Å². The first-order valence-corrected chi connectivity index (χ1v) is 8.21. The van der Waals surface area contributed by atoms with Gasteiger partial charge in [-0.25, -0.2) is 0 Å². The number of hydrogen-bond donors (Lipinski definition) is 1. The Bertz CT molecular complexity index is 699. The molecule has 23 heavy (non-hydrogen) atoms. The van der Waals surface area contributed by atoms with Gasteiger partial charge in [-0.05, 0) is 49.4 Å². The molecule has 0 aliphatic carbocycles. The third-order valence-electron chi connectivity index (χ3n) is 4.35. The number of hydrogen-bond acceptors (Lipinski definition) is 3. The molecule has 0 bridgehead atoms. The first-order chi connectivity index (χ1) is 11.1. The van der Waals surface area contributed by atoms with Crippen molar-refractivity contribution in [3.8, 4) is 0 Å². The lowest BCUT2D eigenvalue weighted by atomic mass is 10.00. The quantitative estimate of drug-likeness (QED) is 0.932. The van der Waals surface area contributed by atoms with Crippen LogP contribution in [0.25, 0.3) is 0 Å². The first-order valence-electron chi connectivity index (χ1n) is 8.21. The van der Waals surface area contributed by atoms with Gasteiger partial charge < -0.3 is 10.2 Å². The standard InChI is InChI=1S/C19H23N3O/c1-14-6-5-11-22(13-14)19(23)18-12-16(9-10-20-18)21-17-8-4-3-7-15(17)2/h3-4,7-10,12,14H,5-6,11,13H2,1-2H3,(H,20,21). The number of nitrogens with one attached hydrogen (secondary N) is 1. The molecule has 0 spiro atoms. The normalized spacial score (nSPS) is 17.8. The van der Waals surface area contributed by atoms with Crippen molar-refractivity contribution in [2.24, 2.45) is 5.92 Å². The van der Waals surface area contributed by atoms with Gasteiger partial charge >= 0.3 is 0 Å². The topological polar surface area (TPSA) is 45.2 Å². The summed E-state index contributed by atoms with van der Waals surface area (Å²) >= 11 is 0. The Morgan fingerprint density at radius 1 is 1.30 bits per heavy atom. The lowest BCUT2D eigenvalue weighted by Crippen LogP contribution is -2.39. The number of aryl methyl sites for hydroxylation is 1. The number of para-hydroxylation sites is 1. The highest BCUT2D eigenvalue weighted by atomic mass is 16.2. The maximum Gasteiger partial charge on any atom is 0.272 e. The number of carbonyl (C=O) groups is 1. The Morgan fingerprint density at radius 3 is 2.91 bits per heavy atom. The summed E-state index contributed by atoms with van der Waals surface area (Å²) < 4.78 is 0. The van der Waals surface area contributed by atoms with Crippen LogP contribution in [-0.4, -0.2) is 28.9 Å². The molecule has 1 aliphatic heterocycles. The summed E-state index contributed by atoms with van der Waals surface area (Å²) in [6.45, 7) is 5.92. The number of piperidine rings is 1. The van der Waals surface area contributed by atoms with E-state index >= 15 is 0 Å². The van der Waals surface area contributed by atoms with Crippen LogP contribution in [0, 0.1) is 12.8 Å². The summed E-state index contributed by atoms with van der Waals surface area (Å²) in [5.74, 6) is 0.603. The van der Waals surface area contributed by atoms with Crippen molar-refractivity contribution in [3.05, 3.63) is 53.9 Å². The molecule has 1 aromatic carbocycles. The molecule has 1 fully saturated rings. The lowest BCUT2D eigenvalue weighted by Gasteiger charge is -2.30. The molecule has 1 amide bonds. The van der Waals surface area contributed by atoms with Crippen LogP contribution in [0.1, 0.15) is 35.8 Å². The van der Waals surface area contributed by atoms with Gasteiger partial charge in [0.25, 0.3) is 5.91 Å². The first kappa shape index (κ1) is 15.5. The molecule has 2 heterocycles. The van der Waals surface area contributed by atoms with Gasteiger partial charge in [-0.1, -0.05) is 25.1 Å². The fourth-order valence-corrected chi connectivity index (χ4v) is 3.03. The van der Waals surface area contributed by atoms with Crippen molar-refractivity contribution in [2.75, 3.05) is 18.4 Å². The summed E-state index contributed by atoms with van der Waals surface area (Å²) in [5, 5.41) is 3.37. The van der Waals surface area contributed by atoms with Crippen LogP contribution in [0.15, 0.2) is 42.6 Å². The second-order valence-corrected chi connectivity index (χ2v) is 6.37. The summed E-state index contributed by atoms with van der Waals surface area (Å²) in [7, 11) is 0. The van der Waals surface area contributed by atoms with Crippen LogP contribution in [0.2, 0.25) is 0 Å². The van der Waals surface area contributed by atoms with E-state index in [4.69, 9.17) is 0 Å². The maximum atomic E-state index is 12.7. The smallest absolute Gasteiger partial charge is 0.272 e. The SMILES string of the molecule is Cc1ccccc1Nc1ccnc(C(=O)N2CCCC(C)C2)c1. The molecule has 1 atom stereocenters. The third kappa shape index (κ3) is 3.70. The van der Waals surface area contributed by atoms with Gasteiger partial charge in [0, 0.05) is 30.7 Å². The fraction of sp³-hybridized carbons (Fsp3) is 0.368. The molecule has 1 unspecified atom stereocenters. The van der Waals surface area contributed by atoms with Crippen LogP contribution in [0.3, 0.4) is 0 Å². The number of amides is 1. The summed E-state index contributed by atoms with van der Waals surface area (Å²) in [5.41, 5.74) is 3.62. The molecule has 2 aromatic rings. The van der Waals surface area contributed by atoms with Gasteiger partial charge in [-0.15, -0.1) is 0 Å². The molecule has 0 radical (unpaired) electrons. The van der Waals surface area contributed by atoms with E-state index in [0.717, 1.165) is 30.9 Å². The van der Waals surface area contributed by atoms with E-state index in [1.165, 1.54) is 12.0 Å². The van der Waals surface area contributed by atoms with E-state index in [1.54, 1.807) is 6.20 Å². The Balaban J connectivity index is 1.77. The lowest BCUT2D eigenvalue weighted by molar-refractivity contribution is 0.0677. The fourth-order valence-electron chi connectivity index (χ4n) is 3.03. The van der Waals surface area contributed by atoms with Crippen molar-refractivity contribution in [2.45, 2.75) is 26.7 Å². The Hall–Kier alpha value is -2.36. The van der Waals surface area contributed by atoms with Crippen LogP contribution in [0.4, 0.5) is 11.4 Å². The molecular formula is C19H23N3O. The van der Waals surface area contributed by atoms with Gasteiger partial charge in [0.05, 0.1) is 0 Å². The summed E-state index contributed by atoms with van der Waals surface area (Å²) in [6.07, 6.45) is 3.97. The van der Waals surface area contributed by atoms with E-state index in [-0.39, 0.29) is 5.91 Å². The highest BCUT2D eigenvalue weighted by Gasteiger charge is 2.23. The monoisotopic (exact) mass is 309 g/mol. The van der Waals surface area contributed by atoms with Crippen LogP contribution < -0.4 is 5.32 Å². The van der Waals surface area contributed by atoms with Gasteiger partial charge in [0.15, 0.2) is 0 Å². The minimum Gasteiger partial charge on any atom is -0.355 e. The predicted molar refractivity (Wildman–Crippen MR) is 93.0 cm³/mol. The number of anilines is 2. The highest BCUT2D eigenvalue weighted by molar-refractivity contribution is 5.93. The molecule has 3 rings (SSSR count). The number of aromatic nitrogens is 1. The number of pyridine rings is 1. The molecular weight excluding hydrogens is 286 g/mol. The maximum absolute atomic E-state index is 12.7.